The van der Waals surface area contributed by atoms with E-state index in [4.69, 9.17) is 0 Å². The third-order valence-corrected chi connectivity index (χ3v) is 0.641. The lowest BCUT2D eigenvalue weighted by Gasteiger charge is -1.80. The molecule has 2 heteroatoms. The third kappa shape index (κ3) is 17.9. The Hall–Kier alpha value is -0.530. The van der Waals surface area contributed by atoms with Gasteiger partial charge in [-0.05, 0) is 0 Å². The number of ether oxygens (including phenoxy) is 1. The number of hydrogen-bond acceptors (Lipinski definition) is 2. The summed E-state index contributed by atoms with van der Waals surface area (Å²) in [4.78, 5) is 9.59. The monoisotopic (exact) mass is 116 g/mol. The molecule has 1 aliphatic rings. The highest BCUT2D eigenvalue weighted by Gasteiger charge is 1.95. The van der Waals surface area contributed by atoms with E-state index >= 15 is 0 Å². The Kier molecular flexibility index (Phi) is 4.32. The molecule has 0 aliphatic heterocycles. The lowest BCUT2D eigenvalue weighted by Crippen LogP contribution is -1.88. The first kappa shape index (κ1) is 7.47. The Labute approximate surface area is 49.8 Å². The highest BCUT2D eigenvalue weighted by atomic mass is 16.5. The fourth-order valence-corrected chi connectivity index (χ4v) is 0. The number of carbonyl (C=O) groups excluding carboxylic acids is 1. The molecule has 0 aromatic heterocycles. The van der Waals surface area contributed by atoms with Gasteiger partial charge in [0.2, 0.25) is 0 Å². The minimum atomic E-state index is -0.245. The van der Waals surface area contributed by atoms with Crippen molar-refractivity contribution in [2.75, 3.05) is 7.11 Å². The standard InChI is InChI=1S/C3H6O2.C3H6/c1-3(4)5-2;1-2-3-1/h1-2H3;1-3H2. The normalized spacial score (nSPS) is 13.2. The van der Waals surface area contributed by atoms with Crippen LogP contribution < -0.4 is 0 Å². The molecule has 48 valence electrons. The molecule has 1 aliphatic carbocycles. The first-order valence-electron chi connectivity index (χ1n) is 2.82. The highest BCUT2D eigenvalue weighted by molar-refractivity contribution is 5.65. The van der Waals surface area contributed by atoms with Crippen LogP contribution >= 0.6 is 0 Å². The van der Waals surface area contributed by atoms with Crippen LogP contribution in [0.2, 0.25) is 0 Å². The van der Waals surface area contributed by atoms with Crippen LogP contribution in [0.4, 0.5) is 0 Å². The van der Waals surface area contributed by atoms with Crippen molar-refractivity contribution >= 4 is 5.97 Å². The lowest BCUT2D eigenvalue weighted by atomic mass is 10.8. The molecule has 0 atom stereocenters. The first-order valence-corrected chi connectivity index (χ1v) is 2.82. The molecule has 0 unspecified atom stereocenters. The van der Waals surface area contributed by atoms with Gasteiger partial charge in [-0.3, -0.25) is 4.79 Å². The van der Waals surface area contributed by atoms with Crippen LogP contribution in [0.1, 0.15) is 26.2 Å². The molecule has 0 aromatic rings. The minimum Gasteiger partial charge on any atom is -0.469 e. The Morgan fingerprint density at radius 1 is 1.38 bits per heavy atom. The van der Waals surface area contributed by atoms with Crippen molar-refractivity contribution in [3.05, 3.63) is 0 Å². The molecule has 8 heavy (non-hydrogen) atoms. The van der Waals surface area contributed by atoms with Gasteiger partial charge in [0.1, 0.15) is 0 Å². The Morgan fingerprint density at radius 3 is 1.62 bits per heavy atom. The van der Waals surface area contributed by atoms with Gasteiger partial charge in [-0.15, -0.1) is 0 Å². The molecule has 0 saturated heterocycles. The maximum Gasteiger partial charge on any atom is 0.302 e. The number of carbonyl (C=O) groups is 1. The summed E-state index contributed by atoms with van der Waals surface area (Å²) in [5.74, 6) is -0.245. The van der Waals surface area contributed by atoms with Crippen LogP contribution in [0, 0.1) is 0 Å². The van der Waals surface area contributed by atoms with Crippen LogP contribution in [0.15, 0.2) is 0 Å². The van der Waals surface area contributed by atoms with E-state index in [-0.39, 0.29) is 5.97 Å². The molecule has 0 amide bonds. The van der Waals surface area contributed by atoms with Crippen LogP contribution in [0.25, 0.3) is 0 Å². The zero-order valence-electron chi connectivity index (χ0n) is 5.44. The zero-order chi connectivity index (χ0) is 6.41. The average molecular weight is 116 g/mol. The van der Waals surface area contributed by atoms with Gasteiger partial charge >= 0.3 is 5.97 Å². The zero-order valence-corrected chi connectivity index (χ0v) is 5.44. The molecule has 2 nitrogen and oxygen atoms in total. The van der Waals surface area contributed by atoms with Gasteiger partial charge in [0.05, 0.1) is 7.11 Å². The molecule has 0 aromatic carbocycles. The second-order valence-electron chi connectivity index (χ2n) is 1.76. The van der Waals surface area contributed by atoms with Crippen molar-refractivity contribution in [2.45, 2.75) is 26.2 Å². The predicted octanol–water partition coefficient (Wildman–Crippen LogP) is 1.35. The van der Waals surface area contributed by atoms with Crippen LogP contribution in [-0.4, -0.2) is 13.1 Å². The van der Waals surface area contributed by atoms with Crippen molar-refractivity contribution in [1.29, 1.82) is 0 Å². The maximum absolute atomic E-state index is 9.59. The second-order valence-corrected chi connectivity index (χ2v) is 1.76. The molecule has 1 rings (SSSR count). The SMILES string of the molecule is C1CC1.COC(C)=O. The quantitative estimate of drug-likeness (QED) is 0.446. The smallest absolute Gasteiger partial charge is 0.302 e. The Bertz CT molecular complexity index is 64.2. The van der Waals surface area contributed by atoms with E-state index in [1.54, 1.807) is 0 Å². The van der Waals surface area contributed by atoms with E-state index in [1.165, 1.54) is 33.3 Å². The van der Waals surface area contributed by atoms with Crippen molar-refractivity contribution in [1.82, 2.24) is 0 Å². The Morgan fingerprint density at radius 2 is 1.62 bits per heavy atom. The fourth-order valence-electron chi connectivity index (χ4n) is 0. The molecule has 1 saturated carbocycles. The lowest BCUT2D eigenvalue weighted by molar-refractivity contribution is -0.137. The van der Waals surface area contributed by atoms with Gasteiger partial charge in [0.25, 0.3) is 0 Å². The Balaban J connectivity index is 0.000000135. The fraction of sp³-hybridized carbons (Fsp3) is 0.833. The highest BCUT2D eigenvalue weighted by Crippen LogP contribution is 2.14. The third-order valence-electron chi connectivity index (χ3n) is 0.641. The van der Waals surface area contributed by atoms with E-state index in [0.29, 0.717) is 0 Å². The van der Waals surface area contributed by atoms with Gasteiger partial charge in [0.15, 0.2) is 0 Å². The maximum atomic E-state index is 9.59. The van der Waals surface area contributed by atoms with E-state index in [0.717, 1.165) is 0 Å². The van der Waals surface area contributed by atoms with E-state index in [2.05, 4.69) is 4.74 Å². The summed E-state index contributed by atoms with van der Waals surface area (Å²) in [5, 5.41) is 0. The summed E-state index contributed by atoms with van der Waals surface area (Å²) in [5.41, 5.74) is 0. The van der Waals surface area contributed by atoms with Gasteiger partial charge < -0.3 is 4.74 Å². The van der Waals surface area contributed by atoms with E-state index < -0.39 is 0 Å². The summed E-state index contributed by atoms with van der Waals surface area (Å²) in [7, 11) is 1.35. The van der Waals surface area contributed by atoms with Gasteiger partial charge in [-0.25, -0.2) is 0 Å². The molecule has 0 bridgehead atoms. The minimum absolute atomic E-state index is 0.245. The van der Waals surface area contributed by atoms with Crippen LogP contribution in [-0.2, 0) is 9.53 Å². The summed E-state index contributed by atoms with van der Waals surface area (Å²) in [6.07, 6.45) is 4.50. The van der Waals surface area contributed by atoms with Gasteiger partial charge in [-0.2, -0.15) is 0 Å². The summed E-state index contributed by atoms with van der Waals surface area (Å²) >= 11 is 0. The molecule has 0 N–H and O–H groups in total. The van der Waals surface area contributed by atoms with Crippen molar-refractivity contribution in [3.8, 4) is 0 Å². The van der Waals surface area contributed by atoms with Crippen molar-refractivity contribution in [3.63, 3.8) is 0 Å². The summed E-state index contributed by atoms with van der Waals surface area (Å²) in [6.45, 7) is 1.36. The predicted molar refractivity (Wildman–Crippen MR) is 31.5 cm³/mol. The van der Waals surface area contributed by atoms with Crippen molar-refractivity contribution in [2.24, 2.45) is 0 Å². The van der Waals surface area contributed by atoms with Gasteiger partial charge in [0, 0.05) is 6.92 Å². The molecule has 0 heterocycles. The molecule has 0 spiro atoms. The largest absolute Gasteiger partial charge is 0.469 e. The van der Waals surface area contributed by atoms with E-state index in [9.17, 15) is 4.79 Å². The number of esters is 1. The average Bonchev–Trinajstić information content (AvgIpc) is 2.48. The number of hydrogen-bond donors (Lipinski definition) is 0. The van der Waals surface area contributed by atoms with Crippen LogP contribution in [0.5, 0.6) is 0 Å². The van der Waals surface area contributed by atoms with Crippen LogP contribution in [0.3, 0.4) is 0 Å². The second kappa shape index (κ2) is 4.62. The summed E-state index contributed by atoms with van der Waals surface area (Å²) < 4.78 is 4.11. The number of rotatable bonds is 0. The molecule has 1 fully saturated rings. The van der Waals surface area contributed by atoms with E-state index in [1.807, 2.05) is 0 Å². The molecular weight excluding hydrogens is 104 g/mol. The number of methoxy groups -OCH3 is 1. The van der Waals surface area contributed by atoms with Gasteiger partial charge in [-0.1, -0.05) is 19.3 Å². The topological polar surface area (TPSA) is 26.3 Å². The first-order chi connectivity index (χ1) is 3.77. The molecular formula is C6H12O2. The van der Waals surface area contributed by atoms with Crippen molar-refractivity contribution < 1.29 is 9.53 Å². The molecule has 0 radical (unpaired) electrons. The summed E-state index contributed by atoms with van der Waals surface area (Å²) in [6, 6.07) is 0.